The van der Waals surface area contributed by atoms with Crippen LogP contribution in [0.1, 0.15) is 25.1 Å². The van der Waals surface area contributed by atoms with E-state index in [1.807, 2.05) is 24.3 Å². The monoisotopic (exact) mass is 513 g/mol. The van der Waals surface area contributed by atoms with Crippen molar-refractivity contribution in [1.82, 2.24) is 30.9 Å². The van der Waals surface area contributed by atoms with Gasteiger partial charge in [0.1, 0.15) is 18.1 Å². The summed E-state index contributed by atoms with van der Waals surface area (Å²) in [5.74, 6) is -3.52. The molecule has 0 aliphatic heterocycles. The number of aliphatic hydroxyl groups is 1. The van der Waals surface area contributed by atoms with E-state index in [1.165, 1.54) is 26.4 Å². The largest absolute Gasteiger partial charge is 0.480 e. The Labute approximate surface area is 212 Å². The first-order valence-electron chi connectivity index (χ1n) is 11.7. The number of aliphatic hydroxyl groups excluding tert-OH is 1. The molecule has 5 unspecified atom stereocenters. The Kier molecular flexibility index (Phi) is 8.98. The zero-order valence-corrected chi connectivity index (χ0v) is 20.4. The molecule has 198 valence electrons. The lowest BCUT2D eigenvalue weighted by Gasteiger charge is -2.26. The SMILES string of the molecule is CC(NC(=O)C(NC(=O)C(Cc1c[nH]c2ccccc12)NC(=O)C(N)Cc1cnc[nH]1)C(C)O)C(=O)O. The number of benzene rings is 1. The number of aromatic nitrogens is 3. The summed E-state index contributed by atoms with van der Waals surface area (Å²) in [7, 11) is 0. The zero-order valence-electron chi connectivity index (χ0n) is 20.4. The molecule has 0 fully saturated rings. The highest BCUT2D eigenvalue weighted by Crippen LogP contribution is 2.19. The highest BCUT2D eigenvalue weighted by atomic mass is 16.4. The van der Waals surface area contributed by atoms with Gasteiger partial charge in [-0.2, -0.15) is 0 Å². The van der Waals surface area contributed by atoms with Crippen molar-refractivity contribution in [2.24, 2.45) is 5.73 Å². The average molecular weight is 514 g/mol. The Balaban J connectivity index is 1.81. The molecule has 0 saturated carbocycles. The van der Waals surface area contributed by atoms with Gasteiger partial charge in [-0.05, 0) is 25.5 Å². The smallest absolute Gasteiger partial charge is 0.325 e. The number of carbonyl (C=O) groups is 4. The number of nitrogens with two attached hydrogens (primary N) is 1. The summed E-state index contributed by atoms with van der Waals surface area (Å²) in [5, 5.41) is 27.3. The average Bonchev–Trinajstić information content (AvgIpc) is 3.51. The summed E-state index contributed by atoms with van der Waals surface area (Å²) in [6.07, 6.45) is 3.57. The Morgan fingerprint density at radius 1 is 1.00 bits per heavy atom. The predicted molar refractivity (Wildman–Crippen MR) is 133 cm³/mol. The van der Waals surface area contributed by atoms with Crippen LogP contribution in [0.15, 0.2) is 43.0 Å². The molecule has 0 aliphatic rings. The molecule has 3 aromatic rings. The van der Waals surface area contributed by atoms with Crippen LogP contribution in [0.2, 0.25) is 0 Å². The van der Waals surface area contributed by atoms with Crippen molar-refractivity contribution in [2.45, 2.75) is 57.0 Å². The standard InChI is InChI=1S/C24H31N7O6/c1-12(24(36)37)29-23(35)20(13(2)32)31-22(34)19(7-14-9-27-18-6-4-3-5-16(14)18)30-21(33)17(25)8-15-10-26-11-28-15/h3-6,9-13,17,19-20,27,32H,7-8,25H2,1-2H3,(H,26,28)(H,29,35)(H,30,33)(H,31,34)(H,36,37). The molecule has 9 N–H and O–H groups in total. The van der Waals surface area contributed by atoms with Gasteiger partial charge < -0.3 is 41.9 Å². The summed E-state index contributed by atoms with van der Waals surface area (Å²) in [4.78, 5) is 59.8. The van der Waals surface area contributed by atoms with E-state index >= 15 is 0 Å². The van der Waals surface area contributed by atoms with E-state index in [0.717, 1.165) is 16.5 Å². The zero-order chi connectivity index (χ0) is 27.1. The van der Waals surface area contributed by atoms with Gasteiger partial charge in [-0.1, -0.05) is 18.2 Å². The molecule has 5 atom stereocenters. The molecule has 13 heteroatoms. The van der Waals surface area contributed by atoms with Crippen LogP contribution < -0.4 is 21.7 Å². The number of hydrogen-bond donors (Lipinski definition) is 8. The summed E-state index contributed by atoms with van der Waals surface area (Å²) in [6.45, 7) is 2.53. The molecule has 3 rings (SSSR count). The molecule has 13 nitrogen and oxygen atoms in total. The van der Waals surface area contributed by atoms with Crippen LogP contribution in [-0.4, -0.2) is 79.1 Å². The van der Waals surface area contributed by atoms with E-state index < -0.39 is 54.0 Å². The first kappa shape index (κ1) is 27.4. The minimum absolute atomic E-state index is 0.0536. The number of hydrogen-bond acceptors (Lipinski definition) is 7. The lowest BCUT2D eigenvalue weighted by atomic mass is 10.0. The number of H-pyrrole nitrogens is 2. The first-order valence-corrected chi connectivity index (χ1v) is 11.7. The van der Waals surface area contributed by atoms with Crippen LogP contribution in [0.3, 0.4) is 0 Å². The minimum Gasteiger partial charge on any atom is -0.480 e. The van der Waals surface area contributed by atoms with Gasteiger partial charge in [0, 0.05) is 41.8 Å². The van der Waals surface area contributed by atoms with Crippen molar-refractivity contribution in [1.29, 1.82) is 0 Å². The van der Waals surface area contributed by atoms with E-state index in [4.69, 9.17) is 10.8 Å². The molecular weight excluding hydrogens is 482 g/mol. The number of carbonyl (C=O) groups excluding carboxylic acids is 3. The number of rotatable bonds is 12. The number of nitrogens with zero attached hydrogens (tertiary/aromatic N) is 1. The number of carboxylic acid groups (broad SMARTS) is 1. The number of amides is 3. The maximum Gasteiger partial charge on any atom is 0.325 e. The van der Waals surface area contributed by atoms with Crippen LogP contribution in [-0.2, 0) is 32.0 Å². The van der Waals surface area contributed by atoms with E-state index in [1.54, 1.807) is 6.20 Å². The summed E-state index contributed by atoms with van der Waals surface area (Å²) in [5.41, 5.74) is 8.25. The van der Waals surface area contributed by atoms with Crippen LogP contribution in [0, 0.1) is 0 Å². The fourth-order valence-electron chi connectivity index (χ4n) is 3.76. The molecule has 0 aliphatic carbocycles. The van der Waals surface area contributed by atoms with Crippen molar-refractivity contribution in [3.63, 3.8) is 0 Å². The lowest BCUT2D eigenvalue weighted by Crippen LogP contribution is -2.60. The van der Waals surface area contributed by atoms with E-state index in [9.17, 15) is 24.3 Å². The van der Waals surface area contributed by atoms with Crippen molar-refractivity contribution in [2.75, 3.05) is 0 Å². The van der Waals surface area contributed by atoms with Crippen LogP contribution >= 0.6 is 0 Å². The molecule has 0 bridgehead atoms. The summed E-state index contributed by atoms with van der Waals surface area (Å²) in [6, 6.07) is 2.56. The molecule has 2 aromatic heterocycles. The second-order valence-electron chi connectivity index (χ2n) is 8.81. The number of imidazole rings is 1. The third kappa shape index (κ3) is 7.15. The third-order valence-electron chi connectivity index (χ3n) is 5.86. The molecule has 1 aromatic carbocycles. The van der Waals surface area contributed by atoms with Crippen molar-refractivity contribution in [3.05, 3.63) is 54.2 Å². The number of carboxylic acids is 1. The normalized spacial score (nSPS) is 15.2. The molecule has 3 amide bonds. The van der Waals surface area contributed by atoms with E-state index in [0.29, 0.717) is 5.69 Å². The van der Waals surface area contributed by atoms with E-state index in [-0.39, 0.29) is 12.8 Å². The number of nitrogens with one attached hydrogen (secondary N) is 5. The summed E-state index contributed by atoms with van der Waals surface area (Å²) >= 11 is 0. The number of aromatic amines is 2. The topological polar surface area (TPSA) is 215 Å². The molecule has 37 heavy (non-hydrogen) atoms. The third-order valence-corrected chi connectivity index (χ3v) is 5.86. The maximum absolute atomic E-state index is 13.3. The van der Waals surface area contributed by atoms with Gasteiger partial charge in [0.2, 0.25) is 17.7 Å². The molecule has 0 saturated heterocycles. The van der Waals surface area contributed by atoms with Crippen molar-refractivity contribution >= 4 is 34.6 Å². The summed E-state index contributed by atoms with van der Waals surface area (Å²) < 4.78 is 0. The molecule has 0 spiro atoms. The fourth-order valence-corrected chi connectivity index (χ4v) is 3.76. The Bertz CT molecular complexity index is 1240. The van der Waals surface area contributed by atoms with Crippen LogP contribution in [0.4, 0.5) is 0 Å². The van der Waals surface area contributed by atoms with Gasteiger partial charge in [0.25, 0.3) is 0 Å². The van der Waals surface area contributed by atoms with Gasteiger partial charge in [0.15, 0.2) is 0 Å². The van der Waals surface area contributed by atoms with Gasteiger partial charge >= 0.3 is 5.97 Å². The minimum atomic E-state index is -1.46. The van der Waals surface area contributed by atoms with Crippen molar-refractivity contribution < 1.29 is 29.4 Å². The van der Waals surface area contributed by atoms with Gasteiger partial charge in [0.05, 0.1) is 18.5 Å². The van der Waals surface area contributed by atoms with E-state index in [2.05, 4.69) is 30.9 Å². The molecule has 2 heterocycles. The first-order chi connectivity index (χ1) is 17.6. The van der Waals surface area contributed by atoms with Crippen LogP contribution in [0.25, 0.3) is 10.9 Å². The lowest BCUT2D eigenvalue weighted by molar-refractivity contribution is -0.142. The number of para-hydroxylation sites is 1. The quantitative estimate of drug-likeness (QED) is 0.149. The fraction of sp³-hybridized carbons (Fsp3) is 0.375. The van der Waals surface area contributed by atoms with Crippen molar-refractivity contribution in [3.8, 4) is 0 Å². The molecular formula is C24H31N7O6. The Morgan fingerprint density at radius 3 is 2.38 bits per heavy atom. The van der Waals surface area contributed by atoms with Gasteiger partial charge in [-0.3, -0.25) is 19.2 Å². The van der Waals surface area contributed by atoms with Gasteiger partial charge in [-0.15, -0.1) is 0 Å². The number of fused-ring (bicyclic) bond motifs is 1. The highest BCUT2D eigenvalue weighted by molar-refractivity contribution is 5.95. The highest BCUT2D eigenvalue weighted by Gasteiger charge is 2.32. The van der Waals surface area contributed by atoms with Gasteiger partial charge in [-0.25, -0.2) is 4.98 Å². The Morgan fingerprint density at radius 2 is 1.73 bits per heavy atom. The molecule has 0 radical (unpaired) electrons. The Hall–Kier alpha value is -4.23. The second kappa shape index (κ2) is 12.1. The predicted octanol–water partition coefficient (Wildman–Crippen LogP) is -1.06. The number of aliphatic carboxylic acids is 1. The second-order valence-corrected chi connectivity index (χ2v) is 8.81. The van der Waals surface area contributed by atoms with Crippen LogP contribution in [0.5, 0.6) is 0 Å². The maximum atomic E-state index is 13.3.